The molecule has 0 saturated heterocycles. The van der Waals surface area contributed by atoms with Crippen LogP contribution in [0, 0.1) is 5.92 Å². The molecule has 1 fully saturated rings. The standard InChI is InChI=1S/C12H15ClFN/c1-2-3-4-8-7-15-12-6-10(13)11(14)5-9(8)12/h3-4,9-12H,2,5-6H2,1H3/b4-3-/t9?,10-,11+,12?/m1/s1. The lowest BCUT2D eigenvalue weighted by Crippen LogP contribution is -2.35. The molecule has 82 valence electrons. The Morgan fingerprint density at radius 2 is 2.40 bits per heavy atom. The van der Waals surface area contributed by atoms with Crippen LogP contribution in [0.3, 0.4) is 0 Å². The van der Waals surface area contributed by atoms with Crippen molar-refractivity contribution in [2.75, 3.05) is 0 Å². The first-order valence-corrected chi connectivity index (χ1v) is 5.93. The molecular formula is C12H15ClFN. The molecule has 0 aromatic heterocycles. The zero-order valence-corrected chi connectivity index (χ0v) is 9.54. The van der Waals surface area contributed by atoms with Crippen LogP contribution in [0.15, 0.2) is 22.7 Å². The van der Waals surface area contributed by atoms with Crippen LogP contribution in [-0.4, -0.2) is 23.5 Å². The number of aliphatic imine (C=N–C) groups is 1. The van der Waals surface area contributed by atoms with Crippen LogP contribution >= 0.6 is 11.6 Å². The Hall–Kier alpha value is -0.590. The average Bonchev–Trinajstić information content (AvgIpc) is 2.59. The minimum Gasteiger partial charge on any atom is -0.246 e. The number of rotatable bonds is 2. The largest absolute Gasteiger partial charge is 0.246 e. The molecule has 1 saturated carbocycles. The van der Waals surface area contributed by atoms with Gasteiger partial charge in [0.1, 0.15) is 6.17 Å². The van der Waals surface area contributed by atoms with Crippen LogP contribution in [0.2, 0.25) is 0 Å². The highest BCUT2D eigenvalue weighted by molar-refractivity contribution is 6.21. The van der Waals surface area contributed by atoms with Crippen LogP contribution in [0.25, 0.3) is 0 Å². The molecule has 1 aliphatic heterocycles. The molecular weight excluding hydrogens is 213 g/mol. The number of fused-ring (bicyclic) bond motifs is 1. The van der Waals surface area contributed by atoms with Crippen LogP contribution < -0.4 is 0 Å². The van der Waals surface area contributed by atoms with Crippen molar-refractivity contribution in [3.8, 4) is 0 Å². The predicted octanol–water partition coefficient (Wildman–Crippen LogP) is 3.29. The molecule has 0 aromatic rings. The van der Waals surface area contributed by atoms with Crippen LogP contribution in [0.1, 0.15) is 26.2 Å². The Morgan fingerprint density at radius 1 is 1.60 bits per heavy atom. The van der Waals surface area contributed by atoms with E-state index in [1.807, 2.05) is 6.08 Å². The van der Waals surface area contributed by atoms with Gasteiger partial charge in [0.25, 0.3) is 0 Å². The third-order valence-electron chi connectivity index (χ3n) is 3.09. The summed E-state index contributed by atoms with van der Waals surface area (Å²) in [4.78, 5) is 4.29. The summed E-state index contributed by atoms with van der Waals surface area (Å²) in [6, 6.07) is 0.163. The summed E-state index contributed by atoms with van der Waals surface area (Å²) >= 11 is 5.90. The Labute approximate surface area is 94.7 Å². The van der Waals surface area contributed by atoms with Gasteiger partial charge in [-0.3, -0.25) is 0 Å². The SMILES string of the molecule is CC/C=C\C1=C=NC2C[C@@H](Cl)[C@@H](F)CC12. The van der Waals surface area contributed by atoms with Gasteiger partial charge in [-0.1, -0.05) is 19.1 Å². The van der Waals surface area contributed by atoms with Gasteiger partial charge >= 0.3 is 0 Å². The van der Waals surface area contributed by atoms with Crippen molar-refractivity contribution in [3.63, 3.8) is 0 Å². The van der Waals surface area contributed by atoms with Gasteiger partial charge in [0.05, 0.1) is 11.4 Å². The normalized spacial score (nSPS) is 39.5. The van der Waals surface area contributed by atoms with Crippen molar-refractivity contribution in [2.24, 2.45) is 10.9 Å². The highest BCUT2D eigenvalue weighted by Crippen LogP contribution is 2.38. The quantitative estimate of drug-likeness (QED) is 0.642. The molecule has 1 aliphatic carbocycles. The molecule has 1 nitrogen and oxygen atoms in total. The number of allylic oxidation sites excluding steroid dienone is 2. The first kappa shape index (κ1) is 10.9. The fourth-order valence-electron chi connectivity index (χ4n) is 2.21. The van der Waals surface area contributed by atoms with Gasteiger partial charge in [-0.2, -0.15) is 0 Å². The van der Waals surface area contributed by atoms with E-state index in [4.69, 9.17) is 11.6 Å². The van der Waals surface area contributed by atoms with E-state index in [1.165, 1.54) is 0 Å². The van der Waals surface area contributed by atoms with E-state index in [0.717, 1.165) is 12.0 Å². The Balaban J connectivity index is 2.08. The topological polar surface area (TPSA) is 12.4 Å². The second-order valence-corrected chi connectivity index (χ2v) is 4.74. The number of alkyl halides is 2. The van der Waals surface area contributed by atoms with Gasteiger partial charge in [0.2, 0.25) is 0 Å². The van der Waals surface area contributed by atoms with Crippen LogP contribution in [0.4, 0.5) is 4.39 Å². The Bertz CT molecular complexity index is 331. The zero-order valence-electron chi connectivity index (χ0n) is 8.79. The summed E-state index contributed by atoms with van der Waals surface area (Å²) in [5.41, 5.74) is 1.05. The maximum absolute atomic E-state index is 13.5. The Morgan fingerprint density at radius 3 is 3.13 bits per heavy atom. The second-order valence-electron chi connectivity index (χ2n) is 4.18. The number of halogens is 2. The highest BCUT2D eigenvalue weighted by Gasteiger charge is 2.39. The summed E-state index contributed by atoms with van der Waals surface area (Å²) < 4.78 is 13.5. The van der Waals surface area contributed by atoms with E-state index in [9.17, 15) is 4.39 Å². The van der Waals surface area contributed by atoms with Crippen LogP contribution in [0.5, 0.6) is 0 Å². The lowest BCUT2D eigenvalue weighted by Gasteiger charge is -2.30. The third-order valence-corrected chi connectivity index (χ3v) is 3.55. The van der Waals surface area contributed by atoms with E-state index in [-0.39, 0.29) is 17.3 Å². The molecule has 0 spiro atoms. The first-order chi connectivity index (χ1) is 7.22. The van der Waals surface area contributed by atoms with Gasteiger partial charge in [-0.05, 0) is 25.1 Å². The summed E-state index contributed by atoms with van der Waals surface area (Å²) in [7, 11) is 0. The molecule has 0 amide bonds. The molecule has 3 heteroatoms. The van der Waals surface area contributed by atoms with E-state index < -0.39 is 6.17 Å². The van der Waals surface area contributed by atoms with Gasteiger partial charge in [-0.15, -0.1) is 11.6 Å². The number of nitrogens with zero attached hydrogens (tertiary/aromatic N) is 1. The number of hydrogen-bond donors (Lipinski definition) is 0. The molecule has 0 bridgehead atoms. The minimum atomic E-state index is -0.895. The molecule has 1 heterocycles. The fraction of sp³-hybridized carbons (Fsp3) is 0.667. The molecule has 0 N–H and O–H groups in total. The highest BCUT2D eigenvalue weighted by atomic mass is 35.5. The maximum Gasteiger partial charge on any atom is 0.117 e. The Kier molecular flexibility index (Phi) is 3.28. The third kappa shape index (κ3) is 2.16. The van der Waals surface area contributed by atoms with Crippen LogP contribution in [-0.2, 0) is 0 Å². The predicted molar refractivity (Wildman–Crippen MR) is 61.4 cm³/mol. The fourth-order valence-corrected chi connectivity index (χ4v) is 2.50. The van der Waals surface area contributed by atoms with Gasteiger partial charge in [0.15, 0.2) is 0 Å². The smallest absolute Gasteiger partial charge is 0.117 e. The van der Waals surface area contributed by atoms with Crippen molar-refractivity contribution >= 4 is 17.5 Å². The van der Waals surface area contributed by atoms with E-state index in [0.29, 0.717) is 12.8 Å². The monoisotopic (exact) mass is 227 g/mol. The van der Waals surface area contributed by atoms with Crippen molar-refractivity contribution in [3.05, 3.63) is 17.7 Å². The molecule has 2 unspecified atom stereocenters. The lowest BCUT2D eigenvalue weighted by molar-refractivity contribution is 0.208. The van der Waals surface area contributed by atoms with Gasteiger partial charge < -0.3 is 0 Å². The molecule has 0 radical (unpaired) electrons. The summed E-state index contributed by atoms with van der Waals surface area (Å²) in [5.74, 6) is 3.21. The number of hydrogen-bond acceptors (Lipinski definition) is 1. The molecule has 4 atom stereocenters. The van der Waals surface area contributed by atoms with E-state index in [2.05, 4.69) is 23.9 Å². The van der Waals surface area contributed by atoms with Crippen molar-refractivity contribution in [1.82, 2.24) is 0 Å². The van der Waals surface area contributed by atoms with Gasteiger partial charge in [0, 0.05) is 11.5 Å². The summed E-state index contributed by atoms with van der Waals surface area (Å²) in [6.45, 7) is 2.08. The zero-order chi connectivity index (χ0) is 10.8. The van der Waals surface area contributed by atoms with Crippen molar-refractivity contribution in [2.45, 2.75) is 43.8 Å². The van der Waals surface area contributed by atoms with E-state index >= 15 is 0 Å². The lowest BCUT2D eigenvalue weighted by atomic mass is 9.80. The van der Waals surface area contributed by atoms with Crippen molar-refractivity contribution in [1.29, 1.82) is 0 Å². The molecule has 2 rings (SSSR count). The minimum absolute atomic E-state index is 0.163. The average molecular weight is 228 g/mol. The van der Waals surface area contributed by atoms with E-state index in [1.54, 1.807) is 0 Å². The first-order valence-electron chi connectivity index (χ1n) is 5.49. The molecule has 15 heavy (non-hydrogen) atoms. The second kappa shape index (κ2) is 4.51. The summed E-state index contributed by atoms with van der Waals surface area (Å²) in [5, 5.41) is -0.369. The molecule has 0 aromatic carbocycles. The van der Waals surface area contributed by atoms with Crippen molar-refractivity contribution < 1.29 is 4.39 Å². The summed E-state index contributed by atoms with van der Waals surface area (Å²) in [6.07, 6.45) is 5.32. The maximum atomic E-state index is 13.5. The van der Waals surface area contributed by atoms with Gasteiger partial charge in [-0.25, -0.2) is 9.38 Å². The molecule has 2 aliphatic rings.